The second kappa shape index (κ2) is 5.77. The van der Waals surface area contributed by atoms with Crippen molar-refractivity contribution in [3.05, 3.63) is 28.3 Å². The average Bonchev–Trinajstić information content (AvgIpc) is 2.90. The van der Waals surface area contributed by atoms with Crippen LogP contribution in [-0.2, 0) is 4.79 Å². The normalized spacial score (nSPS) is 15.9. The summed E-state index contributed by atoms with van der Waals surface area (Å²) in [7, 11) is 0. The Balaban J connectivity index is 2.08. The summed E-state index contributed by atoms with van der Waals surface area (Å²) < 4.78 is 0. The summed E-state index contributed by atoms with van der Waals surface area (Å²) in [6, 6.07) is 3.82. The number of benzene rings is 1. The summed E-state index contributed by atoms with van der Waals surface area (Å²) in [6.45, 7) is 3.31. The molecule has 108 valence electrons. The van der Waals surface area contributed by atoms with E-state index in [1.54, 1.807) is 17.9 Å². The van der Waals surface area contributed by atoms with Crippen LogP contribution >= 0.6 is 0 Å². The van der Waals surface area contributed by atoms with Crippen molar-refractivity contribution >= 4 is 23.0 Å². The number of likely N-dealkylation sites (tertiary alicyclic amines) is 1. The second-order valence-electron chi connectivity index (χ2n) is 4.97. The molecule has 1 fully saturated rings. The van der Waals surface area contributed by atoms with Gasteiger partial charge in [0, 0.05) is 36.6 Å². The third-order valence-electron chi connectivity index (χ3n) is 3.32. The maximum Gasteiger partial charge on any atom is 0.273 e. The topological polar surface area (TPSA) is 101 Å². The maximum atomic E-state index is 12.2. The van der Waals surface area contributed by atoms with Gasteiger partial charge in [0.1, 0.15) is 6.04 Å². The van der Waals surface area contributed by atoms with Gasteiger partial charge in [-0.05, 0) is 25.8 Å². The SMILES string of the molecule is CC(Nc1cc(N)cc([N+](=O)[O-])c1)C(=O)N1CCCC1. The van der Waals surface area contributed by atoms with E-state index < -0.39 is 11.0 Å². The van der Waals surface area contributed by atoms with Gasteiger partial charge in [0.05, 0.1) is 4.92 Å². The fourth-order valence-corrected chi connectivity index (χ4v) is 2.35. The predicted molar refractivity (Wildman–Crippen MR) is 76.4 cm³/mol. The lowest BCUT2D eigenvalue weighted by molar-refractivity contribution is -0.384. The highest BCUT2D eigenvalue weighted by molar-refractivity contribution is 5.84. The van der Waals surface area contributed by atoms with E-state index in [1.165, 1.54) is 12.1 Å². The standard InChI is InChI=1S/C13H18N4O3/c1-9(13(18)16-4-2-3-5-16)15-11-6-10(14)7-12(8-11)17(19)20/h6-9,15H,2-5,14H2,1H3. The van der Waals surface area contributed by atoms with Gasteiger partial charge >= 0.3 is 0 Å². The summed E-state index contributed by atoms with van der Waals surface area (Å²) in [5, 5.41) is 13.8. The zero-order valence-electron chi connectivity index (χ0n) is 11.3. The minimum atomic E-state index is -0.505. The van der Waals surface area contributed by atoms with E-state index in [-0.39, 0.29) is 11.6 Å². The van der Waals surface area contributed by atoms with E-state index in [9.17, 15) is 14.9 Å². The molecule has 0 spiro atoms. The van der Waals surface area contributed by atoms with Crippen LogP contribution in [0.5, 0.6) is 0 Å². The Morgan fingerprint density at radius 3 is 2.65 bits per heavy atom. The molecule has 0 bridgehead atoms. The van der Waals surface area contributed by atoms with Crippen LogP contribution in [0, 0.1) is 10.1 Å². The quantitative estimate of drug-likeness (QED) is 0.495. The number of nitrogens with zero attached hydrogens (tertiary/aromatic N) is 2. The van der Waals surface area contributed by atoms with E-state index in [2.05, 4.69) is 5.32 Å². The van der Waals surface area contributed by atoms with Crippen molar-refractivity contribution in [3.8, 4) is 0 Å². The Labute approximate surface area is 116 Å². The molecular formula is C13H18N4O3. The fourth-order valence-electron chi connectivity index (χ4n) is 2.35. The van der Waals surface area contributed by atoms with Gasteiger partial charge in [-0.1, -0.05) is 0 Å². The number of amides is 1. The number of hydrogen-bond acceptors (Lipinski definition) is 5. The highest BCUT2D eigenvalue weighted by Gasteiger charge is 2.23. The molecule has 1 aromatic carbocycles. The maximum absolute atomic E-state index is 12.2. The molecular weight excluding hydrogens is 260 g/mol. The number of rotatable bonds is 4. The molecule has 2 rings (SSSR count). The summed E-state index contributed by atoms with van der Waals surface area (Å²) in [5.74, 6) is 0.00702. The number of hydrogen-bond donors (Lipinski definition) is 2. The summed E-state index contributed by atoms with van der Waals surface area (Å²) in [6.07, 6.45) is 2.06. The Hall–Kier alpha value is -2.31. The van der Waals surface area contributed by atoms with Crippen molar-refractivity contribution in [1.82, 2.24) is 4.90 Å². The molecule has 1 heterocycles. The molecule has 0 aliphatic carbocycles. The number of nitrogens with one attached hydrogen (secondary N) is 1. The molecule has 1 aliphatic heterocycles. The van der Waals surface area contributed by atoms with Crippen LogP contribution < -0.4 is 11.1 Å². The molecule has 20 heavy (non-hydrogen) atoms. The van der Waals surface area contributed by atoms with Crippen molar-refractivity contribution in [2.45, 2.75) is 25.8 Å². The molecule has 7 nitrogen and oxygen atoms in total. The molecule has 1 atom stereocenters. The van der Waals surface area contributed by atoms with Crippen LogP contribution in [0.4, 0.5) is 17.1 Å². The lowest BCUT2D eigenvalue weighted by Crippen LogP contribution is -2.39. The Kier molecular flexibility index (Phi) is 4.07. The van der Waals surface area contributed by atoms with Crippen molar-refractivity contribution in [2.24, 2.45) is 0 Å². The molecule has 1 aromatic rings. The summed E-state index contributed by atoms with van der Waals surface area (Å²) in [4.78, 5) is 24.2. The van der Waals surface area contributed by atoms with Crippen LogP contribution in [0.2, 0.25) is 0 Å². The molecule has 3 N–H and O–H groups in total. The molecule has 0 saturated carbocycles. The van der Waals surface area contributed by atoms with Gasteiger partial charge in [-0.2, -0.15) is 0 Å². The zero-order valence-corrected chi connectivity index (χ0v) is 11.3. The number of nitro benzene ring substituents is 1. The summed E-state index contributed by atoms with van der Waals surface area (Å²) in [5.41, 5.74) is 6.32. The van der Waals surface area contributed by atoms with Crippen LogP contribution in [-0.4, -0.2) is 34.9 Å². The second-order valence-corrected chi connectivity index (χ2v) is 4.97. The van der Waals surface area contributed by atoms with Gasteiger partial charge in [0.2, 0.25) is 5.91 Å². The lowest BCUT2D eigenvalue weighted by Gasteiger charge is -2.21. The number of nitrogens with two attached hydrogens (primary N) is 1. The van der Waals surface area contributed by atoms with Crippen molar-refractivity contribution in [2.75, 3.05) is 24.1 Å². The molecule has 0 aromatic heterocycles. The smallest absolute Gasteiger partial charge is 0.273 e. The van der Waals surface area contributed by atoms with E-state index in [1.807, 2.05) is 0 Å². The predicted octanol–water partition coefficient (Wildman–Crippen LogP) is 1.60. The molecule has 1 amide bonds. The number of non-ortho nitro benzene ring substituents is 1. The minimum absolute atomic E-state index is 0.00702. The third kappa shape index (κ3) is 3.17. The zero-order chi connectivity index (χ0) is 14.7. The Bertz CT molecular complexity index is 526. The minimum Gasteiger partial charge on any atom is -0.398 e. The van der Waals surface area contributed by atoms with Gasteiger partial charge in [-0.3, -0.25) is 14.9 Å². The van der Waals surface area contributed by atoms with Crippen LogP contribution in [0.25, 0.3) is 0 Å². The third-order valence-corrected chi connectivity index (χ3v) is 3.32. The van der Waals surface area contributed by atoms with E-state index in [4.69, 9.17) is 5.73 Å². The molecule has 1 unspecified atom stereocenters. The summed E-state index contributed by atoms with van der Waals surface area (Å²) >= 11 is 0. The van der Waals surface area contributed by atoms with Crippen molar-refractivity contribution in [1.29, 1.82) is 0 Å². The van der Waals surface area contributed by atoms with Crippen LogP contribution in [0.3, 0.4) is 0 Å². The Morgan fingerprint density at radius 2 is 2.05 bits per heavy atom. The van der Waals surface area contributed by atoms with Gasteiger partial charge in [0.15, 0.2) is 0 Å². The largest absolute Gasteiger partial charge is 0.398 e. The van der Waals surface area contributed by atoms with E-state index in [0.717, 1.165) is 25.9 Å². The molecule has 1 saturated heterocycles. The van der Waals surface area contributed by atoms with Gasteiger partial charge < -0.3 is 16.0 Å². The Morgan fingerprint density at radius 1 is 1.40 bits per heavy atom. The first-order valence-corrected chi connectivity index (χ1v) is 6.57. The lowest BCUT2D eigenvalue weighted by atomic mass is 10.2. The number of carbonyl (C=O) groups excluding carboxylic acids is 1. The highest BCUT2D eigenvalue weighted by Crippen LogP contribution is 2.23. The van der Waals surface area contributed by atoms with Crippen molar-refractivity contribution < 1.29 is 9.72 Å². The number of nitrogen functional groups attached to an aromatic ring is 1. The highest BCUT2D eigenvalue weighted by atomic mass is 16.6. The average molecular weight is 278 g/mol. The first kappa shape index (κ1) is 14.1. The monoisotopic (exact) mass is 278 g/mol. The van der Waals surface area contributed by atoms with E-state index >= 15 is 0 Å². The van der Waals surface area contributed by atoms with Gasteiger partial charge in [0.25, 0.3) is 5.69 Å². The fraction of sp³-hybridized carbons (Fsp3) is 0.462. The van der Waals surface area contributed by atoms with Crippen LogP contribution in [0.15, 0.2) is 18.2 Å². The number of carbonyl (C=O) groups is 1. The first-order valence-electron chi connectivity index (χ1n) is 6.57. The van der Waals surface area contributed by atoms with Gasteiger partial charge in [-0.15, -0.1) is 0 Å². The number of nitro groups is 1. The van der Waals surface area contributed by atoms with E-state index in [0.29, 0.717) is 11.4 Å². The van der Waals surface area contributed by atoms with Gasteiger partial charge in [-0.25, -0.2) is 0 Å². The molecule has 1 aliphatic rings. The molecule has 7 heteroatoms. The molecule has 0 radical (unpaired) electrons. The van der Waals surface area contributed by atoms with Crippen molar-refractivity contribution in [3.63, 3.8) is 0 Å². The first-order chi connectivity index (χ1) is 9.47. The van der Waals surface area contributed by atoms with Crippen LogP contribution in [0.1, 0.15) is 19.8 Å². The number of anilines is 2.